The number of nitrogens with zero attached hydrogens (tertiary/aromatic N) is 3. The van der Waals surface area contributed by atoms with E-state index in [0.29, 0.717) is 31.2 Å². The van der Waals surface area contributed by atoms with E-state index in [1.165, 1.54) is 0 Å². The summed E-state index contributed by atoms with van der Waals surface area (Å²) in [5, 5.41) is 9.41. The van der Waals surface area contributed by atoms with Crippen molar-refractivity contribution >= 4 is 11.9 Å². The number of likely N-dealkylation sites (N-methyl/N-ethyl adjacent to an activating group) is 1. The van der Waals surface area contributed by atoms with Crippen LogP contribution in [0.4, 0.5) is 0 Å². The lowest BCUT2D eigenvalue weighted by atomic mass is 10.1. The Morgan fingerprint density at radius 3 is 2.59 bits per heavy atom. The van der Waals surface area contributed by atoms with E-state index in [2.05, 4.69) is 25.9 Å². The highest BCUT2D eigenvalue weighted by Gasteiger charge is 2.06. The first-order valence-corrected chi connectivity index (χ1v) is 8.95. The molecule has 0 fully saturated rings. The fourth-order valence-corrected chi connectivity index (χ4v) is 2.40. The summed E-state index contributed by atoms with van der Waals surface area (Å²) in [6.07, 6.45) is 1.77. The molecule has 1 amide bonds. The van der Waals surface area contributed by atoms with Crippen molar-refractivity contribution in [2.24, 2.45) is 4.99 Å². The number of rotatable bonds is 8. The van der Waals surface area contributed by atoms with Crippen LogP contribution in [0, 0.1) is 0 Å². The molecule has 0 atom stereocenters. The third-order valence-corrected chi connectivity index (χ3v) is 3.88. The molecule has 0 aliphatic heterocycles. The van der Waals surface area contributed by atoms with Crippen molar-refractivity contribution in [2.45, 2.75) is 13.1 Å². The zero-order chi connectivity index (χ0) is 19.5. The van der Waals surface area contributed by atoms with Crippen molar-refractivity contribution in [2.75, 3.05) is 34.2 Å². The zero-order valence-corrected chi connectivity index (χ0v) is 16.2. The summed E-state index contributed by atoms with van der Waals surface area (Å²) in [4.78, 5) is 22.8. The molecule has 0 aliphatic rings. The summed E-state index contributed by atoms with van der Waals surface area (Å²) in [7, 11) is 5.68. The van der Waals surface area contributed by atoms with Gasteiger partial charge in [-0.2, -0.15) is 0 Å². The molecule has 0 saturated heterocycles. The predicted octanol–water partition coefficient (Wildman–Crippen LogP) is 1.24. The van der Waals surface area contributed by atoms with Gasteiger partial charge in [-0.3, -0.25) is 14.8 Å². The zero-order valence-electron chi connectivity index (χ0n) is 16.2. The summed E-state index contributed by atoms with van der Waals surface area (Å²) in [5.74, 6) is 0.623. The van der Waals surface area contributed by atoms with Crippen LogP contribution in [0.25, 0.3) is 0 Å². The van der Waals surface area contributed by atoms with Crippen LogP contribution in [0.5, 0.6) is 0 Å². The van der Waals surface area contributed by atoms with Crippen LogP contribution >= 0.6 is 0 Å². The normalized spacial score (nSPS) is 11.3. The number of aliphatic imine (C=N–C) groups is 1. The average Bonchev–Trinajstić information content (AvgIpc) is 2.69. The number of guanidine groups is 1. The van der Waals surface area contributed by atoms with Gasteiger partial charge >= 0.3 is 0 Å². The number of aromatic nitrogens is 1. The van der Waals surface area contributed by atoms with Crippen molar-refractivity contribution in [1.82, 2.24) is 25.8 Å². The van der Waals surface area contributed by atoms with E-state index in [0.717, 1.165) is 17.8 Å². The minimum atomic E-state index is -0.0589. The molecule has 3 N–H and O–H groups in total. The first kappa shape index (κ1) is 20.4. The molecule has 7 heteroatoms. The Morgan fingerprint density at radius 2 is 1.89 bits per heavy atom. The summed E-state index contributed by atoms with van der Waals surface area (Å²) >= 11 is 0. The highest BCUT2D eigenvalue weighted by molar-refractivity contribution is 5.94. The average molecular weight is 368 g/mol. The highest BCUT2D eigenvalue weighted by atomic mass is 16.1. The molecule has 144 valence electrons. The Bertz CT molecular complexity index is 745. The highest BCUT2D eigenvalue weighted by Crippen LogP contribution is 2.05. The standard InChI is InChI=1S/C20H28N6O/c1-21-20(25-15-18-9-4-5-10-22-18)24-14-16-7-6-8-17(13-16)19(27)23-11-12-26(2)3/h4-10,13H,11-12,14-15H2,1-3H3,(H,23,27)(H2,21,24,25). The van der Waals surface area contributed by atoms with Gasteiger partial charge in [0.1, 0.15) is 0 Å². The number of amides is 1. The molecule has 0 spiro atoms. The minimum absolute atomic E-state index is 0.0589. The van der Waals surface area contributed by atoms with Gasteiger partial charge in [0, 0.05) is 38.4 Å². The number of benzene rings is 1. The third-order valence-electron chi connectivity index (χ3n) is 3.88. The molecule has 2 rings (SSSR count). The number of hydrogen-bond donors (Lipinski definition) is 3. The van der Waals surface area contributed by atoms with Gasteiger partial charge in [0.15, 0.2) is 5.96 Å². The first-order valence-electron chi connectivity index (χ1n) is 8.95. The van der Waals surface area contributed by atoms with E-state index < -0.39 is 0 Å². The molecule has 1 aromatic carbocycles. The molecule has 1 heterocycles. The van der Waals surface area contributed by atoms with Crippen LogP contribution < -0.4 is 16.0 Å². The lowest BCUT2D eigenvalue weighted by Gasteiger charge is -2.13. The molecule has 0 unspecified atom stereocenters. The largest absolute Gasteiger partial charge is 0.352 e. The van der Waals surface area contributed by atoms with E-state index in [1.54, 1.807) is 13.2 Å². The van der Waals surface area contributed by atoms with Crippen LogP contribution in [0.3, 0.4) is 0 Å². The van der Waals surface area contributed by atoms with Gasteiger partial charge in [-0.15, -0.1) is 0 Å². The molecule has 1 aromatic heterocycles. The maximum Gasteiger partial charge on any atom is 0.251 e. The predicted molar refractivity (Wildman–Crippen MR) is 109 cm³/mol. The van der Waals surface area contributed by atoms with Crippen molar-refractivity contribution in [3.05, 3.63) is 65.5 Å². The van der Waals surface area contributed by atoms with E-state index in [1.807, 2.05) is 61.5 Å². The van der Waals surface area contributed by atoms with E-state index in [4.69, 9.17) is 0 Å². The Hall–Kier alpha value is -2.93. The summed E-state index contributed by atoms with van der Waals surface area (Å²) in [6, 6.07) is 13.4. The van der Waals surface area contributed by atoms with E-state index in [-0.39, 0.29) is 5.91 Å². The monoisotopic (exact) mass is 368 g/mol. The quantitative estimate of drug-likeness (QED) is 0.482. The van der Waals surface area contributed by atoms with Gasteiger partial charge in [-0.05, 0) is 43.9 Å². The van der Waals surface area contributed by atoms with Gasteiger partial charge in [0.25, 0.3) is 5.91 Å². The smallest absolute Gasteiger partial charge is 0.251 e. The molecule has 0 saturated carbocycles. The van der Waals surface area contributed by atoms with E-state index in [9.17, 15) is 4.79 Å². The molecule has 0 aliphatic carbocycles. The summed E-state index contributed by atoms with van der Waals surface area (Å²) in [6.45, 7) is 2.60. The molecular formula is C20H28N6O. The topological polar surface area (TPSA) is 81.7 Å². The Morgan fingerprint density at radius 1 is 1.07 bits per heavy atom. The van der Waals surface area contributed by atoms with Crippen molar-refractivity contribution in [1.29, 1.82) is 0 Å². The Balaban J connectivity index is 1.84. The van der Waals surface area contributed by atoms with Gasteiger partial charge in [0.05, 0.1) is 12.2 Å². The second-order valence-corrected chi connectivity index (χ2v) is 6.36. The Labute approximate surface area is 160 Å². The number of carbonyl (C=O) groups excluding carboxylic acids is 1. The van der Waals surface area contributed by atoms with Crippen LogP contribution in [0.15, 0.2) is 53.7 Å². The van der Waals surface area contributed by atoms with Crippen molar-refractivity contribution < 1.29 is 4.79 Å². The third kappa shape index (κ3) is 7.45. The van der Waals surface area contributed by atoms with Crippen LogP contribution in [0.1, 0.15) is 21.6 Å². The maximum atomic E-state index is 12.2. The molecule has 0 radical (unpaired) electrons. The van der Waals surface area contributed by atoms with Crippen LogP contribution in [-0.4, -0.2) is 56.0 Å². The molecule has 0 bridgehead atoms. The lowest BCUT2D eigenvalue weighted by Crippen LogP contribution is -2.36. The molecular weight excluding hydrogens is 340 g/mol. The molecule has 2 aromatic rings. The summed E-state index contributed by atoms with van der Waals surface area (Å²) < 4.78 is 0. The number of nitrogens with one attached hydrogen (secondary N) is 3. The molecule has 7 nitrogen and oxygen atoms in total. The fourth-order valence-electron chi connectivity index (χ4n) is 2.40. The SMILES string of the molecule is CN=C(NCc1cccc(C(=O)NCCN(C)C)c1)NCc1ccccn1. The van der Waals surface area contributed by atoms with Crippen molar-refractivity contribution in [3.63, 3.8) is 0 Å². The lowest BCUT2D eigenvalue weighted by molar-refractivity contribution is 0.0951. The second-order valence-electron chi connectivity index (χ2n) is 6.36. The van der Waals surface area contributed by atoms with Gasteiger partial charge in [0.2, 0.25) is 0 Å². The second kappa shape index (κ2) is 10.9. The van der Waals surface area contributed by atoms with E-state index >= 15 is 0 Å². The minimum Gasteiger partial charge on any atom is -0.352 e. The van der Waals surface area contributed by atoms with Crippen molar-refractivity contribution in [3.8, 4) is 0 Å². The van der Waals surface area contributed by atoms with Gasteiger partial charge in [-0.1, -0.05) is 18.2 Å². The van der Waals surface area contributed by atoms with Gasteiger partial charge in [-0.25, -0.2) is 0 Å². The summed E-state index contributed by atoms with van der Waals surface area (Å²) in [5.41, 5.74) is 2.61. The Kier molecular flexibility index (Phi) is 8.25. The number of carbonyl (C=O) groups is 1. The fraction of sp³-hybridized carbons (Fsp3) is 0.350. The van der Waals surface area contributed by atoms with Gasteiger partial charge < -0.3 is 20.9 Å². The first-order chi connectivity index (χ1) is 13.1. The maximum absolute atomic E-state index is 12.2. The van der Waals surface area contributed by atoms with Crippen LogP contribution in [-0.2, 0) is 13.1 Å². The van der Waals surface area contributed by atoms with Crippen LogP contribution in [0.2, 0.25) is 0 Å². The molecule has 27 heavy (non-hydrogen) atoms. The number of hydrogen-bond acceptors (Lipinski definition) is 4. The number of pyridine rings is 1.